The molecule has 6 heteroatoms. The summed E-state index contributed by atoms with van der Waals surface area (Å²) in [6, 6.07) is 5.04. The lowest BCUT2D eigenvalue weighted by Gasteiger charge is -2.08. The Labute approximate surface area is 128 Å². The molecule has 1 aromatic heterocycles. The van der Waals surface area contributed by atoms with E-state index in [9.17, 15) is 5.11 Å². The minimum atomic E-state index is 0.0707. The summed E-state index contributed by atoms with van der Waals surface area (Å²) in [5, 5.41) is 20.8. The zero-order valence-corrected chi connectivity index (χ0v) is 12.9. The van der Waals surface area contributed by atoms with Crippen molar-refractivity contribution in [3.8, 4) is 5.75 Å². The quantitative estimate of drug-likeness (QED) is 0.724. The number of phenolic OH excluding ortho intramolecular Hbond substituents is 1. The first-order valence-electron chi connectivity index (χ1n) is 6.40. The van der Waals surface area contributed by atoms with Crippen LogP contribution in [0, 0.1) is 5.92 Å². The highest BCUT2D eigenvalue weighted by molar-refractivity contribution is 6.42. The van der Waals surface area contributed by atoms with Gasteiger partial charge in [0.05, 0.1) is 33.7 Å². The van der Waals surface area contributed by atoms with E-state index in [4.69, 9.17) is 23.2 Å². The summed E-state index contributed by atoms with van der Waals surface area (Å²) in [6.45, 7) is 4.83. The number of halogens is 2. The smallest absolute Gasteiger partial charge is 0.140 e. The highest BCUT2D eigenvalue weighted by atomic mass is 35.5. The number of aromatic nitrogens is 2. The summed E-state index contributed by atoms with van der Waals surface area (Å²) in [5.74, 6) is 0.638. The van der Waals surface area contributed by atoms with Crippen LogP contribution >= 0.6 is 23.2 Å². The molecule has 3 N–H and O–H groups in total. The summed E-state index contributed by atoms with van der Waals surface area (Å²) < 4.78 is 0. The molecule has 2 aromatic rings. The molecule has 0 radical (unpaired) electrons. The first kappa shape index (κ1) is 15.0. The number of phenols is 1. The number of nitrogens with one attached hydrogen (secondary N) is 2. The van der Waals surface area contributed by atoms with Crippen molar-refractivity contribution in [3.05, 3.63) is 39.6 Å². The lowest BCUT2D eigenvalue weighted by Crippen LogP contribution is -2.00. The predicted molar refractivity (Wildman–Crippen MR) is 82.6 cm³/mol. The molecule has 4 nitrogen and oxygen atoms in total. The van der Waals surface area contributed by atoms with Gasteiger partial charge in [0.25, 0.3) is 0 Å². The molecule has 0 atom stereocenters. The Morgan fingerprint density at radius 2 is 1.95 bits per heavy atom. The SMILES string of the molecule is CC(C)Cc1cc(CNc2cc(Cl)c(Cl)cc2O)[nH]n1. The van der Waals surface area contributed by atoms with E-state index in [1.807, 2.05) is 6.07 Å². The van der Waals surface area contributed by atoms with Crippen LogP contribution in [-0.2, 0) is 13.0 Å². The summed E-state index contributed by atoms with van der Waals surface area (Å²) in [4.78, 5) is 0. The second kappa shape index (κ2) is 6.37. The van der Waals surface area contributed by atoms with E-state index in [0.717, 1.165) is 17.8 Å². The van der Waals surface area contributed by atoms with Gasteiger partial charge in [-0.25, -0.2) is 0 Å². The summed E-state index contributed by atoms with van der Waals surface area (Å²) >= 11 is 11.7. The maximum Gasteiger partial charge on any atom is 0.140 e. The topological polar surface area (TPSA) is 60.9 Å². The lowest BCUT2D eigenvalue weighted by atomic mass is 10.1. The largest absolute Gasteiger partial charge is 0.506 e. The van der Waals surface area contributed by atoms with Crippen molar-refractivity contribution >= 4 is 28.9 Å². The van der Waals surface area contributed by atoms with Gasteiger partial charge in [-0.15, -0.1) is 0 Å². The van der Waals surface area contributed by atoms with E-state index >= 15 is 0 Å². The Morgan fingerprint density at radius 1 is 1.25 bits per heavy atom. The van der Waals surface area contributed by atoms with Crippen molar-refractivity contribution in [1.29, 1.82) is 0 Å². The number of aromatic hydroxyl groups is 1. The standard InChI is InChI=1S/C14H17Cl2N3O/c1-8(2)3-9-4-10(19-18-9)7-17-13-5-11(15)12(16)6-14(13)20/h4-6,8,17,20H,3,7H2,1-2H3,(H,18,19). The fourth-order valence-corrected chi connectivity index (χ4v) is 2.21. The number of benzene rings is 1. The Morgan fingerprint density at radius 3 is 2.65 bits per heavy atom. The van der Waals surface area contributed by atoms with Gasteiger partial charge in [0.1, 0.15) is 5.75 Å². The number of nitrogens with zero attached hydrogens (tertiary/aromatic N) is 1. The molecule has 1 aromatic carbocycles. The molecule has 0 unspecified atom stereocenters. The molecule has 0 saturated heterocycles. The van der Waals surface area contributed by atoms with Crippen molar-refractivity contribution < 1.29 is 5.11 Å². The van der Waals surface area contributed by atoms with E-state index in [1.54, 1.807) is 6.07 Å². The van der Waals surface area contributed by atoms with Crippen LogP contribution in [0.1, 0.15) is 25.2 Å². The van der Waals surface area contributed by atoms with Crippen LogP contribution in [-0.4, -0.2) is 15.3 Å². The molecule has 0 bridgehead atoms. The molecule has 0 saturated carbocycles. The Hall–Kier alpha value is -1.39. The normalized spacial score (nSPS) is 11.1. The number of hydrogen-bond donors (Lipinski definition) is 3. The third kappa shape index (κ3) is 3.81. The molecular weight excluding hydrogens is 297 g/mol. The number of hydrogen-bond acceptors (Lipinski definition) is 3. The van der Waals surface area contributed by atoms with Gasteiger partial charge < -0.3 is 10.4 Å². The Bertz CT molecular complexity index is 596. The van der Waals surface area contributed by atoms with Crippen molar-refractivity contribution in [1.82, 2.24) is 10.2 Å². The van der Waals surface area contributed by atoms with Crippen LogP contribution < -0.4 is 5.32 Å². The maximum absolute atomic E-state index is 9.79. The monoisotopic (exact) mass is 313 g/mol. The third-order valence-corrected chi connectivity index (χ3v) is 3.53. The molecule has 1 heterocycles. The van der Waals surface area contributed by atoms with Crippen molar-refractivity contribution in [2.75, 3.05) is 5.32 Å². The van der Waals surface area contributed by atoms with Crippen LogP contribution in [0.2, 0.25) is 10.0 Å². The molecule has 0 spiro atoms. The van der Waals surface area contributed by atoms with Crippen LogP contribution in [0.25, 0.3) is 0 Å². The number of anilines is 1. The lowest BCUT2D eigenvalue weighted by molar-refractivity contribution is 0.477. The summed E-state index contributed by atoms with van der Waals surface area (Å²) in [7, 11) is 0. The molecule has 2 rings (SSSR count). The fraction of sp³-hybridized carbons (Fsp3) is 0.357. The Balaban J connectivity index is 2.02. The number of rotatable bonds is 5. The molecular formula is C14H17Cl2N3O. The van der Waals surface area contributed by atoms with Crippen LogP contribution in [0.15, 0.2) is 18.2 Å². The zero-order chi connectivity index (χ0) is 14.7. The molecule has 108 valence electrons. The van der Waals surface area contributed by atoms with Gasteiger partial charge in [0.15, 0.2) is 0 Å². The minimum absolute atomic E-state index is 0.0707. The average Bonchev–Trinajstić information content (AvgIpc) is 2.79. The number of aromatic amines is 1. The second-order valence-electron chi connectivity index (χ2n) is 5.12. The molecule has 0 aliphatic rings. The van der Waals surface area contributed by atoms with E-state index in [2.05, 4.69) is 29.4 Å². The van der Waals surface area contributed by atoms with Gasteiger partial charge in [0.2, 0.25) is 0 Å². The Kier molecular flexibility index (Phi) is 4.78. The summed E-state index contributed by atoms with van der Waals surface area (Å²) in [5.41, 5.74) is 2.53. The predicted octanol–water partition coefficient (Wildman–Crippen LogP) is 4.23. The summed E-state index contributed by atoms with van der Waals surface area (Å²) in [6.07, 6.45) is 0.939. The first-order valence-corrected chi connectivity index (χ1v) is 7.16. The van der Waals surface area contributed by atoms with Crippen molar-refractivity contribution in [3.63, 3.8) is 0 Å². The van der Waals surface area contributed by atoms with E-state index in [-0.39, 0.29) is 5.75 Å². The molecule has 0 fully saturated rings. The van der Waals surface area contributed by atoms with Crippen molar-refractivity contribution in [2.24, 2.45) is 5.92 Å². The van der Waals surface area contributed by atoms with Gasteiger partial charge in [-0.2, -0.15) is 5.10 Å². The van der Waals surface area contributed by atoms with Gasteiger partial charge >= 0.3 is 0 Å². The molecule has 20 heavy (non-hydrogen) atoms. The van der Waals surface area contributed by atoms with E-state index < -0.39 is 0 Å². The van der Waals surface area contributed by atoms with Crippen LogP contribution in [0.3, 0.4) is 0 Å². The average molecular weight is 314 g/mol. The van der Waals surface area contributed by atoms with Gasteiger partial charge in [-0.05, 0) is 24.5 Å². The second-order valence-corrected chi connectivity index (χ2v) is 5.93. The third-order valence-electron chi connectivity index (χ3n) is 2.81. The van der Waals surface area contributed by atoms with Crippen molar-refractivity contribution in [2.45, 2.75) is 26.8 Å². The van der Waals surface area contributed by atoms with E-state index in [0.29, 0.717) is 28.2 Å². The maximum atomic E-state index is 9.79. The van der Waals surface area contributed by atoms with Crippen LogP contribution in [0.4, 0.5) is 5.69 Å². The van der Waals surface area contributed by atoms with Gasteiger partial charge in [0, 0.05) is 6.07 Å². The number of H-pyrrole nitrogens is 1. The molecule has 0 aliphatic carbocycles. The molecule has 0 amide bonds. The fourth-order valence-electron chi connectivity index (χ4n) is 1.89. The van der Waals surface area contributed by atoms with Crippen LogP contribution in [0.5, 0.6) is 5.75 Å². The molecule has 0 aliphatic heterocycles. The van der Waals surface area contributed by atoms with Gasteiger partial charge in [-0.3, -0.25) is 5.10 Å². The zero-order valence-electron chi connectivity index (χ0n) is 11.4. The van der Waals surface area contributed by atoms with E-state index in [1.165, 1.54) is 6.07 Å². The highest BCUT2D eigenvalue weighted by Crippen LogP contribution is 2.33. The minimum Gasteiger partial charge on any atom is -0.506 e. The highest BCUT2D eigenvalue weighted by Gasteiger charge is 2.08. The first-order chi connectivity index (χ1) is 9.45. The van der Waals surface area contributed by atoms with Gasteiger partial charge in [-0.1, -0.05) is 37.0 Å².